The van der Waals surface area contributed by atoms with Crippen molar-refractivity contribution in [2.24, 2.45) is 0 Å². The summed E-state index contributed by atoms with van der Waals surface area (Å²) in [6, 6.07) is 5.74. The molecule has 8 nitrogen and oxygen atoms in total. The molecule has 1 aromatic carbocycles. The first kappa shape index (κ1) is 17.5. The molecule has 136 valence electrons. The molecular weight excluding hydrogens is 357 g/mol. The van der Waals surface area contributed by atoms with E-state index in [1.165, 1.54) is 20.3 Å². The van der Waals surface area contributed by atoms with Crippen LogP contribution in [-0.2, 0) is 6.18 Å². The molecule has 11 heteroatoms. The Bertz CT molecular complexity index is 1000. The Morgan fingerprint density at radius 3 is 2.38 bits per heavy atom. The van der Waals surface area contributed by atoms with Gasteiger partial charge in [0.2, 0.25) is 0 Å². The van der Waals surface area contributed by atoms with Gasteiger partial charge in [0.15, 0.2) is 17.2 Å². The Kier molecular flexibility index (Phi) is 4.14. The smallest absolute Gasteiger partial charge is 0.453 e. The fraction of sp³-hybridized carbons (Fsp3) is 0.200. The average molecular weight is 368 g/mol. The van der Waals surface area contributed by atoms with Crippen molar-refractivity contribution < 1.29 is 32.5 Å². The molecule has 0 radical (unpaired) electrons. The third-order valence-corrected chi connectivity index (χ3v) is 3.46. The van der Waals surface area contributed by atoms with Gasteiger partial charge in [0.1, 0.15) is 0 Å². The molecule has 0 atom stereocenters. The molecule has 1 N–H and O–H groups in total. The van der Waals surface area contributed by atoms with Gasteiger partial charge in [-0.15, -0.1) is 5.10 Å². The quantitative estimate of drug-likeness (QED) is 0.755. The van der Waals surface area contributed by atoms with E-state index in [0.717, 1.165) is 6.07 Å². The Morgan fingerprint density at radius 1 is 1.12 bits per heavy atom. The number of aromatic nitrogens is 4. The van der Waals surface area contributed by atoms with Gasteiger partial charge in [0.05, 0.1) is 19.9 Å². The molecule has 0 fully saturated rings. The summed E-state index contributed by atoms with van der Waals surface area (Å²) in [6.45, 7) is 0. The van der Waals surface area contributed by atoms with E-state index in [0.29, 0.717) is 21.6 Å². The lowest BCUT2D eigenvalue weighted by Gasteiger charge is -2.10. The zero-order chi connectivity index (χ0) is 19.1. The molecular formula is C15H11F3N4O4. The molecule has 0 amide bonds. The van der Waals surface area contributed by atoms with Gasteiger partial charge in [-0.1, -0.05) is 0 Å². The predicted molar refractivity (Wildman–Crippen MR) is 81.3 cm³/mol. The first-order valence-corrected chi connectivity index (χ1v) is 7.05. The fourth-order valence-electron chi connectivity index (χ4n) is 2.28. The summed E-state index contributed by atoms with van der Waals surface area (Å²) >= 11 is 0. The standard InChI is InChI=1S/C15H11F3N4O4/c1-25-10-4-3-7(5-11(10)26-2)8-6-9(12(23)24)22-14(19-8)20-13(21-22)15(16,17)18/h3-6H,1-2H3,(H,23,24). The van der Waals surface area contributed by atoms with Gasteiger partial charge < -0.3 is 14.6 Å². The number of carboxylic acid groups (broad SMARTS) is 1. The number of aromatic carboxylic acids is 1. The lowest BCUT2D eigenvalue weighted by Crippen LogP contribution is -2.10. The second kappa shape index (κ2) is 6.17. The molecule has 0 bridgehead atoms. The number of methoxy groups -OCH3 is 2. The normalized spacial score (nSPS) is 11.6. The van der Waals surface area contributed by atoms with Crippen molar-refractivity contribution in [3.63, 3.8) is 0 Å². The highest BCUT2D eigenvalue weighted by Crippen LogP contribution is 2.32. The summed E-state index contributed by atoms with van der Waals surface area (Å²) < 4.78 is 49.3. The summed E-state index contributed by atoms with van der Waals surface area (Å²) in [5, 5.41) is 12.5. The molecule has 0 unspecified atom stereocenters. The van der Waals surface area contributed by atoms with Crippen LogP contribution in [0.1, 0.15) is 16.3 Å². The van der Waals surface area contributed by atoms with Gasteiger partial charge >= 0.3 is 12.1 Å². The zero-order valence-corrected chi connectivity index (χ0v) is 13.4. The van der Waals surface area contributed by atoms with E-state index in [1.807, 2.05) is 0 Å². The molecule has 0 saturated carbocycles. The van der Waals surface area contributed by atoms with Crippen LogP contribution in [0.5, 0.6) is 11.5 Å². The van der Waals surface area contributed by atoms with E-state index in [2.05, 4.69) is 15.1 Å². The third kappa shape index (κ3) is 2.98. The van der Waals surface area contributed by atoms with Crippen LogP contribution in [0.25, 0.3) is 17.0 Å². The van der Waals surface area contributed by atoms with E-state index in [1.54, 1.807) is 12.1 Å². The summed E-state index contributed by atoms with van der Waals surface area (Å²) in [5.41, 5.74) is -0.0102. The largest absolute Gasteiger partial charge is 0.493 e. The first-order valence-electron chi connectivity index (χ1n) is 7.05. The second-order valence-corrected chi connectivity index (χ2v) is 5.05. The van der Waals surface area contributed by atoms with E-state index in [9.17, 15) is 23.1 Å². The van der Waals surface area contributed by atoms with Crippen molar-refractivity contribution in [3.05, 3.63) is 35.8 Å². The average Bonchev–Trinajstić information content (AvgIpc) is 3.04. The summed E-state index contributed by atoms with van der Waals surface area (Å²) in [7, 11) is 2.86. The number of nitrogens with zero attached hydrogens (tertiary/aromatic N) is 4. The molecule has 3 aromatic rings. The maximum Gasteiger partial charge on any atom is 0.453 e. The van der Waals surface area contributed by atoms with Crippen LogP contribution in [0, 0.1) is 0 Å². The highest BCUT2D eigenvalue weighted by Gasteiger charge is 2.37. The summed E-state index contributed by atoms with van der Waals surface area (Å²) in [5.74, 6) is -2.66. The Morgan fingerprint density at radius 2 is 1.81 bits per heavy atom. The number of carbonyl (C=O) groups is 1. The SMILES string of the molecule is COc1ccc(-c2cc(C(=O)O)n3nc(C(F)(F)F)nc3n2)cc1OC. The van der Waals surface area contributed by atoms with Gasteiger partial charge in [-0.3, -0.25) is 0 Å². The van der Waals surface area contributed by atoms with Gasteiger partial charge in [-0.2, -0.15) is 22.7 Å². The van der Waals surface area contributed by atoms with Crippen LogP contribution in [-0.4, -0.2) is 44.9 Å². The monoisotopic (exact) mass is 368 g/mol. The number of benzene rings is 1. The zero-order valence-electron chi connectivity index (χ0n) is 13.4. The predicted octanol–water partition coefficient (Wildman–Crippen LogP) is 2.53. The molecule has 0 spiro atoms. The van der Waals surface area contributed by atoms with Crippen LogP contribution in [0.15, 0.2) is 24.3 Å². The molecule has 2 heterocycles. The molecule has 0 aliphatic carbocycles. The lowest BCUT2D eigenvalue weighted by molar-refractivity contribution is -0.144. The Labute approximate surface area is 143 Å². The topological polar surface area (TPSA) is 98.8 Å². The van der Waals surface area contributed by atoms with Crippen LogP contribution in [0.3, 0.4) is 0 Å². The summed E-state index contributed by atoms with van der Waals surface area (Å²) in [6.07, 6.45) is -4.83. The minimum absolute atomic E-state index is 0.0944. The molecule has 0 aliphatic rings. The molecule has 26 heavy (non-hydrogen) atoms. The van der Waals surface area contributed by atoms with Crippen LogP contribution < -0.4 is 9.47 Å². The Hall–Kier alpha value is -3.37. The molecule has 0 saturated heterocycles. The van der Waals surface area contributed by atoms with Crippen molar-refractivity contribution in [1.29, 1.82) is 0 Å². The fourth-order valence-corrected chi connectivity index (χ4v) is 2.28. The van der Waals surface area contributed by atoms with Crippen molar-refractivity contribution in [1.82, 2.24) is 19.6 Å². The van der Waals surface area contributed by atoms with E-state index in [4.69, 9.17) is 9.47 Å². The number of fused-ring (bicyclic) bond motifs is 1. The minimum Gasteiger partial charge on any atom is -0.493 e. The van der Waals surface area contributed by atoms with Crippen LogP contribution in [0.2, 0.25) is 0 Å². The Balaban J connectivity index is 2.23. The highest BCUT2D eigenvalue weighted by atomic mass is 19.4. The number of carboxylic acids is 1. The number of hydrogen-bond acceptors (Lipinski definition) is 6. The number of alkyl halides is 3. The van der Waals surface area contributed by atoms with Crippen molar-refractivity contribution in [2.45, 2.75) is 6.18 Å². The number of rotatable bonds is 4. The van der Waals surface area contributed by atoms with Crippen molar-refractivity contribution in [3.8, 4) is 22.8 Å². The maximum absolute atomic E-state index is 12.8. The first-order chi connectivity index (χ1) is 12.2. The summed E-state index contributed by atoms with van der Waals surface area (Å²) in [4.78, 5) is 18.7. The van der Waals surface area contributed by atoms with Gasteiger partial charge in [-0.05, 0) is 24.3 Å². The van der Waals surface area contributed by atoms with E-state index >= 15 is 0 Å². The second-order valence-electron chi connectivity index (χ2n) is 5.05. The van der Waals surface area contributed by atoms with E-state index < -0.39 is 29.4 Å². The minimum atomic E-state index is -4.83. The van der Waals surface area contributed by atoms with Gasteiger partial charge in [0.25, 0.3) is 11.6 Å². The van der Waals surface area contributed by atoms with E-state index in [-0.39, 0.29) is 5.69 Å². The third-order valence-electron chi connectivity index (χ3n) is 3.46. The highest BCUT2D eigenvalue weighted by molar-refractivity contribution is 5.87. The molecule has 2 aromatic heterocycles. The van der Waals surface area contributed by atoms with Crippen LogP contribution in [0.4, 0.5) is 13.2 Å². The number of ether oxygens (including phenoxy) is 2. The van der Waals surface area contributed by atoms with Crippen molar-refractivity contribution in [2.75, 3.05) is 14.2 Å². The van der Waals surface area contributed by atoms with Crippen LogP contribution >= 0.6 is 0 Å². The molecule has 0 aliphatic heterocycles. The number of hydrogen-bond donors (Lipinski definition) is 1. The maximum atomic E-state index is 12.8. The van der Waals surface area contributed by atoms with Gasteiger partial charge in [-0.25, -0.2) is 9.78 Å². The lowest BCUT2D eigenvalue weighted by atomic mass is 10.1. The number of halogens is 3. The van der Waals surface area contributed by atoms with Crippen molar-refractivity contribution >= 4 is 11.7 Å². The van der Waals surface area contributed by atoms with Gasteiger partial charge in [0, 0.05) is 5.56 Å². The molecule has 3 rings (SSSR count).